The van der Waals surface area contributed by atoms with Crippen LogP contribution in [-0.2, 0) is 9.53 Å². The molecule has 2 nitrogen and oxygen atoms in total. The third-order valence-corrected chi connectivity index (χ3v) is 6.10. The van der Waals surface area contributed by atoms with Crippen LogP contribution in [0.3, 0.4) is 0 Å². The Morgan fingerprint density at radius 2 is 1.83 bits per heavy atom. The molecule has 0 aromatic rings. The molecule has 0 aromatic heterocycles. The molecule has 2 fully saturated rings. The summed E-state index contributed by atoms with van der Waals surface area (Å²) in [7, 11) is 1.50. The van der Waals surface area contributed by atoms with Crippen LogP contribution in [0.2, 0.25) is 0 Å². The third-order valence-electron chi connectivity index (χ3n) is 4.46. The van der Waals surface area contributed by atoms with Crippen LogP contribution in [0, 0.1) is 17.3 Å². The van der Waals surface area contributed by atoms with E-state index in [1.165, 1.54) is 39.2 Å². The van der Waals surface area contributed by atoms with Crippen molar-refractivity contribution in [2.45, 2.75) is 57.6 Å². The van der Waals surface area contributed by atoms with Gasteiger partial charge in [0, 0.05) is 5.25 Å². The molecule has 3 heteroatoms. The molecule has 2 rings (SSSR count). The highest BCUT2D eigenvalue weighted by molar-refractivity contribution is 7.99. The van der Waals surface area contributed by atoms with E-state index in [0.717, 1.165) is 22.8 Å². The first-order chi connectivity index (χ1) is 8.53. The predicted molar refractivity (Wildman–Crippen MR) is 76.7 cm³/mol. The lowest BCUT2D eigenvalue weighted by Gasteiger charge is -2.31. The number of rotatable bonds is 5. The van der Waals surface area contributed by atoms with Crippen LogP contribution in [0.25, 0.3) is 0 Å². The number of carbonyl (C=O) groups is 1. The van der Waals surface area contributed by atoms with Crippen LogP contribution in [0.15, 0.2) is 0 Å². The minimum absolute atomic E-state index is 0.0292. The van der Waals surface area contributed by atoms with Crippen LogP contribution >= 0.6 is 11.8 Å². The standard InChI is InChI=1S/C15H26O2S/c1-11-6-12(2)8-13(7-11)18-10-15(4-5-15)9-14(16)17-3/h11-13H,4-10H2,1-3H3. The van der Waals surface area contributed by atoms with Crippen molar-refractivity contribution in [2.24, 2.45) is 17.3 Å². The molecule has 0 saturated heterocycles. The molecule has 104 valence electrons. The van der Waals surface area contributed by atoms with Gasteiger partial charge < -0.3 is 4.74 Å². The minimum Gasteiger partial charge on any atom is -0.469 e. The number of ether oxygens (including phenoxy) is 1. The molecule has 0 spiro atoms. The van der Waals surface area contributed by atoms with Gasteiger partial charge in [0.1, 0.15) is 0 Å². The predicted octanol–water partition coefficient (Wildman–Crippen LogP) is 3.89. The Kier molecular flexibility index (Phi) is 4.63. The first kappa shape index (κ1) is 14.2. The normalized spacial score (nSPS) is 34.1. The Morgan fingerprint density at radius 1 is 1.22 bits per heavy atom. The van der Waals surface area contributed by atoms with Crippen LogP contribution in [0.4, 0.5) is 0 Å². The number of esters is 1. The summed E-state index contributed by atoms with van der Waals surface area (Å²) < 4.78 is 4.80. The molecule has 18 heavy (non-hydrogen) atoms. The van der Waals surface area contributed by atoms with Crippen LogP contribution in [-0.4, -0.2) is 24.1 Å². The maximum atomic E-state index is 11.4. The zero-order valence-electron chi connectivity index (χ0n) is 11.9. The van der Waals surface area contributed by atoms with E-state index in [2.05, 4.69) is 25.6 Å². The second-order valence-corrected chi connectivity index (χ2v) is 7.89. The summed E-state index contributed by atoms with van der Waals surface area (Å²) in [6, 6.07) is 0. The highest BCUT2D eigenvalue weighted by atomic mass is 32.2. The largest absolute Gasteiger partial charge is 0.469 e. The van der Waals surface area contributed by atoms with Crippen molar-refractivity contribution in [1.29, 1.82) is 0 Å². The molecule has 0 amide bonds. The fraction of sp³-hybridized carbons (Fsp3) is 0.933. The lowest BCUT2D eigenvalue weighted by molar-refractivity contribution is -0.141. The summed E-state index contributed by atoms with van der Waals surface area (Å²) >= 11 is 2.12. The minimum atomic E-state index is -0.0292. The van der Waals surface area contributed by atoms with Gasteiger partial charge in [0.15, 0.2) is 0 Å². The third kappa shape index (κ3) is 3.91. The number of hydrogen-bond donors (Lipinski definition) is 0. The van der Waals surface area contributed by atoms with Crippen molar-refractivity contribution in [3.63, 3.8) is 0 Å². The van der Waals surface area contributed by atoms with Gasteiger partial charge in [-0.15, -0.1) is 0 Å². The van der Waals surface area contributed by atoms with Gasteiger partial charge in [0.05, 0.1) is 13.5 Å². The van der Waals surface area contributed by atoms with E-state index in [4.69, 9.17) is 4.74 Å². The fourth-order valence-corrected chi connectivity index (χ4v) is 5.14. The molecule has 0 bridgehead atoms. The Morgan fingerprint density at radius 3 is 2.33 bits per heavy atom. The number of methoxy groups -OCH3 is 1. The van der Waals surface area contributed by atoms with Crippen LogP contribution < -0.4 is 0 Å². The average Bonchev–Trinajstić information content (AvgIpc) is 3.05. The Hall–Kier alpha value is -0.180. The molecule has 0 N–H and O–H groups in total. The summed E-state index contributed by atoms with van der Waals surface area (Å²) in [5.41, 5.74) is 0.293. The van der Waals surface area contributed by atoms with Gasteiger partial charge in [0.2, 0.25) is 0 Å². The van der Waals surface area contributed by atoms with Gasteiger partial charge in [-0.2, -0.15) is 11.8 Å². The molecule has 0 radical (unpaired) electrons. The second-order valence-electron chi connectivity index (χ2n) is 6.60. The van der Waals surface area contributed by atoms with Gasteiger partial charge in [-0.25, -0.2) is 0 Å². The quantitative estimate of drug-likeness (QED) is 0.709. The first-order valence-electron chi connectivity index (χ1n) is 7.21. The smallest absolute Gasteiger partial charge is 0.306 e. The monoisotopic (exact) mass is 270 g/mol. The summed E-state index contributed by atoms with van der Waals surface area (Å²) in [5, 5.41) is 0.818. The molecule has 0 aliphatic heterocycles. The Bertz CT molecular complexity index is 289. The summed E-state index contributed by atoms with van der Waals surface area (Å²) in [6.45, 7) is 4.76. The second kappa shape index (κ2) is 5.85. The fourth-order valence-electron chi connectivity index (χ4n) is 3.23. The zero-order valence-corrected chi connectivity index (χ0v) is 12.7. The highest BCUT2D eigenvalue weighted by Gasteiger charge is 2.45. The molecule has 2 atom stereocenters. The molecule has 0 aromatic carbocycles. The van der Waals surface area contributed by atoms with Gasteiger partial charge in [-0.1, -0.05) is 13.8 Å². The van der Waals surface area contributed by atoms with Crippen molar-refractivity contribution in [3.8, 4) is 0 Å². The van der Waals surface area contributed by atoms with E-state index < -0.39 is 0 Å². The van der Waals surface area contributed by atoms with E-state index in [-0.39, 0.29) is 5.97 Å². The maximum absolute atomic E-state index is 11.4. The van der Waals surface area contributed by atoms with Crippen LogP contribution in [0.1, 0.15) is 52.4 Å². The first-order valence-corrected chi connectivity index (χ1v) is 8.26. The molecule has 0 heterocycles. The van der Waals surface area contributed by atoms with Crippen molar-refractivity contribution in [3.05, 3.63) is 0 Å². The molecular weight excluding hydrogens is 244 g/mol. The lowest BCUT2D eigenvalue weighted by atomic mass is 9.83. The average molecular weight is 270 g/mol. The van der Waals surface area contributed by atoms with Crippen LogP contribution in [0.5, 0.6) is 0 Å². The summed E-state index contributed by atoms with van der Waals surface area (Å²) in [4.78, 5) is 11.4. The van der Waals surface area contributed by atoms with Gasteiger partial charge in [-0.3, -0.25) is 4.79 Å². The maximum Gasteiger partial charge on any atom is 0.306 e. The number of carbonyl (C=O) groups excluding carboxylic acids is 1. The van der Waals surface area contributed by atoms with Crippen molar-refractivity contribution in [1.82, 2.24) is 0 Å². The van der Waals surface area contributed by atoms with E-state index in [1.807, 2.05) is 0 Å². The van der Waals surface area contributed by atoms with Crippen molar-refractivity contribution < 1.29 is 9.53 Å². The zero-order chi connectivity index (χ0) is 13.2. The Labute approximate surface area is 115 Å². The van der Waals surface area contributed by atoms with E-state index >= 15 is 0 Å². The Balaban J connectivity index is 1.75. The van der Waals surface area contributed by atoms with E-state index in [0.29, 0.717) is 11.8 Å². The van der Waals surface area contributed by atoms with Crippen molar-refractivity contribution >= 4 is 17.7 Å². The van der Waals surface area contributed by atoms with E-state index in [1.54, 1.807) is 0 Å². The summed E-state index contributed by atoms with van der Waals surface area (Å²) in [5.74, 6) is 2.88. The molecule has 2 unspecified atom stereocenters. The summed E-state index contributed by atoms with van der Waals surface area (Å²) in [6.07, 6.45) is 7.19. The van der Waals surface area contributed by atoms with Crippen molar-refractivity contribution in [2.75, 3.05) is 12.9 Å². The number of thioether (sulfide) groups is 1. The lowest BCUT2D eigenvalue weighted by Crippen LogP contribution is -2.23. The van der Waals surface area contributed by atoms with Gasteiger partial charge in [0.25, 0.3) is 0 Å². The van der Waals surface area contributed by atoms with E-state index in [9.17, 15) is 4.79 Å². The van der Waals surface area contributed by atoms with Gasteiger partial charge >= 0.3 is 5.97 Å². The molecule has 2 aliphatic carbocycles. The molecular formula is C15H26O2S. The topological polar surface area (TPSA) is 26.3 Å². The molecule has 2 aliphatic rings. The highest BCUT2D eigenvalue weighted by Crippen LogP contribution is 2.52. The number of hydrogen-bond acceptors (Lipinski definition) is 3. The SMILES string of the molecule is COC(=O)CC1(CSC2CC(C)CC(C)C2)CC1. The molecule has 2 saturated carbocycles. The van der Waals surface area contributed by atoms with Gasteiger partial charge in [-0.05, 0) is 55.1 Å².